The van der Waals surface area contributed by atoms with Crippen LogP contribution < -0.4 is 76.9 Å². The Morgan fingerprint density at radius 3 is 1.18 bits per heavy atom. The fourth-order valence-corrected chi connectivity index (χ4v) is 17.5. The Morgan fingerprint density at radius 1 is 0.425 bits per heavy atom. The second kappa shape index (κ2) is 46.9. The number of aryl methyl sites for hydroxylation is 4. The van der Waals surface area contributed by atoms with Gasteiger partial charge in [0.15, 0.2) is 5.78 Å². The van der Waals surface area contributed by atoms with Gasteiger partial charge in [-0.2, -0.15) is 49.8 Å². The lowest BCUT2D eigenvalue weighted by molar-refractivity contribution is -0.117. The lowest BCUT2D eigenvalue weighted by Gasteiger charge is -2.34. The third-order valence-electron chi connectivity index (χ3n) is 25.1. The summed E-state index contributed by atoms with van der Waals surface area (Å²) >= 11 is 0. The summed E-state index contributed by atoms with van der Waals surface area (Å²) in [6.07, 6.45) is 26.5. The van der Waals surface area contributed by atoms with E-state index in [-0.39, 0.29) is 18.0 Å². The summed E-state index contributed by atoms with van der Waals surface area (Å²) in [5.41, 5.74) is 48.3. The molecule has 3 atom stereocenters. The molecule has 0 radical (unpaired) electrons. The number of hydrogen-bond acceptors (Lipinski definition) is 33. The molecule has 0 amide bonds. The van der Waals surface area contributed by atoms with E-state index in [4.69, 9.17) is 61.8 Å². The van der Waals surface area contributed by atoms with Gasteiger partial charge in [0, 0.05) is 192 Å². The Hall–Kier alpha value is -12.5. The molecule has 0 aromatic carbocycles. The molecule has 10 N–H and O–H groups in total. The van der Waals surface area contributed by atoms with Crippen LogP contribution in [0.1, 0.15) is 190 Å². The highest BCUT2D eigenvalue weighted by atomic mass is 16.5. The summed E-state index contributed by atoms with van der Waals surface area (Å²) in [5, 5.41) is 0. The lowest BCUT2D eigenvalue weighted by atomic mass is 9.92. The molecule has 3 saturated heterocycles. The first-order chi connectivity index (χ1) is 64.8. The number of ether oxygens (including phenoxy) is 7. The maximum absolute atomic E-state index is 12.3. The minimum Gasteiger partial charge on any atom is -0.463 e. The van der Waals surface area contributed by atoms with Crippen LogP contribution >= 0.6 is 0 Å². The van der Waals surface area contributed by atoms with Crippen molar-refractivity contribution in [2.24, 2.45) is 17.8 Å². The first kappa shape index (κ1) is 97.5. The quantitative estimate of drug-likeness (QED) is 0.0199. The number of nitrogen functional groups attached to an aromatic ring is 5. The van der Waals surface area contributed by atoms with Gasteiger partial charge in [-0.1, -0.05) is 113 Å². The number of carbonyl (C=O) groups excluding carboxylic acids is 1. The molecule has 0 spiro atoms. The fraction of sp³-hybridized carbons (Fsp3) is 0.515. The standard InChI is InChI=1S/C22H35N5O2.2C20H25N5O2.C20H27N5O.C19H25N5O/c1-2-3-12-29-22-24-20(23)19-13-18(28)15-27(21(19)25-22)11-8-16-6-9-26(10-7-16)14-17-4-5-17;1-13-7-17-18(21)23-20(27-12-16-5-6-26-11-16)24-19(17)25(9-13)10-15-4-3-14(2)22-8-15;1-13-8-17-18(21)23-20(27-12-16-4-3-7-26-16)24-19(17)25(10-13)11-15-6-5-14(2)22-9-15;1-5-6-15(4)26-20-23-18(21)17-9-13(2)11-25(19(17)24-20)12-16-8-7-14(3)22-10-16;1-4-5-8-25-19-22-17(20)16-9-13(2)11-24(18(16)23-19)12-15-7-6-14(3)21-10-15/h16-17H,2-15H2,1H3,(H2,23,24,25);3-4,8,16H,1,5-7,9-12H2,2H3,(H2,21,23,24);5-6,9,16H,1,3-4,7-8,10-12H2,2H3,(H2,21,23,24);7-8,10,15H,2,5-6,9,11-12H2,1,3-4H3,(H2,21,23,24);6-7,10H,2,4-5,8-9,11-12H2,1,3H3,(H2,20,22,23)/t;;;15-;/m...0./s1. The molecule has 9 aliphatic rings. The predicted octanol–water partition coefficient (Wildman–Crippen LogP) is 13.9. The average molecular weight is 1830 g/mol. The molecule has 0 bridgehead atoms. The number of hydrogen-bond donors (Lipinski definition) is 5. The molecule has 33 nitrogen and oxygen atoms in total. The number of likely N-dealkylation sites (tertiary alicyclic amines) is 1. The van der Waals surface area contributed by atoms with Crippen LogP contribution in [0.5, 0.6) is 30.1 Å². The van der Waals surface area contributed by atoms with Crippen LogP contribution in [-0.2, 0) is 72.6 Å². The number of ketones is 1. The number of anilines is 10. The van der Waals surface area contributed by atoms with Crippen molar-refractivity contribution in [2.45, 2.75) is 216 Å². The first-order valence-electron chi connectivity index (χ1n) is 47.8. The number of nitrogens with two attached hydrogens (primary N) is 5. The monoisotopic (exact) mass is 1830 g/mol. The topological polar surface area (TPSA) is 412 Å². The van der Waals surface area contributed by atoms with E-state index in [1.165, 1.54) is 45.3 Å². The summed E-state index contributed by atoms with van der Waals surface area (Å²) < 4.78 is 39.9. The van der Waals surface area contributed by atoms with Crippen LogP contribution in [0.4, 0.5) is 58.2 Å². The molecule has 714 valence electrons. The number of rotatable bonds is 31. The van der Waals surface area contributed by atoms with E-state index in [1.54, 1.807) is 0 Å². The third-order valence-corrected chi connectivity index (χ3v) is 25.1. The molecule has 1 saturated carbocycles. The number of unbranched alkanes of at least 4 members (excludes halogenated alkanes) is 2. The van der Waals surface area contributed by atoms with Crippen LogP contribution in [-0.4, -0.2) is 198 Å². The van der Waals surface area contributed by atoms with E-state index in [0.29, 0.717) is 156 Å². The number of pyridine rings is 4. The van der Waals surface area contributed by atoms with Gasteiger partial charge in [0.25, 0.3) is 0 Å². The maximum Gasteiger partial charge on any atom is 0.320 e. The molecule has 9 aromatic heterocycles. The van der Waals surface area contributed by atoms with Gasteiger partial charge < -0.3 is 91.2 Å². The minimum atomic E-state index is 0.0609. The highest BCUT2D eigenvalue weighted by molar-refractivity contribution is 5.91. The van der Waals surface area contributed by atoms with E-state index >= 15 is 0 Å². The summed E-state index contributed by atoms with van der Waals surface area (Å²) in [6.45, 7) is 48.1. The molecule has 17 heterocycles. The zero-order valence-electron chi connectivity index (χ0n) is 79.8. The van der Waals surface area contributed by atoms with Crippen molar-refractivity contribution in [3.05, 3.63) is 195 Å². The van der Waals surface area contributed by atoms with Crippen molar-refractivity contribution in [1.29, 1.82) is 0 Å². The maximum atomic E-state index is 12.3. The van der Waals surface area contributed by atoms with Crippen LogP contribution in [0, 0.1) is 45.4 Å². The highest BCUT2D eigenvalue weighted by Crippen LogP contribution is 2.40. The molecule has 2 unspecified atom stereocenters. The Bertz CT molecular complexity index is 5330. The summed E-state index contributed by atoms with van der Waals surface area (Å²) in [6, 6.07) is 18.1. The van der Waals surface area contributed by atoms with E-state index in [2.05, 4.69) is 171 Å². The summed E-state index contributed by atoms with van der Waals surface area (Å²) in [4.78, 5) is 88.1. The molecule has 1 aliphatic carbocycles. The SMILES string of the molecule is C=C1Cc2c(N)nc(OCC3CCCO3)nc2N(Cc2ccc(C)nc2)C1.C=C1Cc2c(N)nc(OCC3CCOC3)nc2N(Cc2ccc(C)nc2)C1.C=C1Cc2c(N)nc(OCCCC)nc2N(Cc2ccc(C)nc2)C1.C=C1Cc2c(N)nc(O[C@@H](C)CCC)nc2N(Cc2ccc(C)nc2)C1.CCCCOc1nc(N)c2c(n1)N(CCC1CCN(CC3CC3)CC1)CC(=O)C2. The smallest absolute Gasteiger partial charge is 0.320 e. The van der Waals surface area contributed by atoms with Crippen molar-refractivity contribution in [3.8, 4) is 30.1 Å². The largest absolute Gasteiger partial charge is 0.463 e. The zero-order chi connectivity index (χ0) is 94.3. The van der Waals surface area contributed by atoms with Gasteiger partial charge in [-0.05, 0) is 177 Å². The minimum absolute atomic E-state index is 0.0609. The van der Waals surface area contributed by atoms with Gasteiger partial charge in [0.05, 0.1) is 45.2 Å². The normalized spacial score (nSPS) is 17.7. The zero-order valence-corrected chi connectivity index (χ0v) is 79.8. The number of piperidine rings is 1. The van der Waals surface area contributed by atoms with Gasteiger partial charge in [-0.3, -0.25) is 24.7 Å². The van der Waals surface area contributed by atoms with Crippen LogP contribution in [0.15, 0.2) is 122 Å². The lowest BCUT2D eigenvalue weighted by Crippen LogP contribution is -2.40. The second-order valence-electron chi connectivity index (χ2n) is 37.1. The second-order valence-corrected chi connectivity index (χ2v) is 37.1. The third kappa shape index (κ3) is 27.6. The van der Waals surface area contributed by atoms with Gasteiger partial charge in [0.1, 0.15) is 64.8 Å². The number of Topliss-reactive ketones (excluding diaryl/α,β-unsaturated/α-hetero) is 1. The molecule has 4 fully saturated rings. The first-order valence-corrected chi connectivity index (χ1v) is 47.8. The van der Waals surface area contributed by atoms with Crippen molar-refractivity contribution < 1.29 is 38.0 Å². The van der Waals surface area contributed by atoms with Crippen molar-refractivity contribution in [2.75, 3.05) is 158 Å². The molecular formula is C101H137N25O8. The number of nitrogens with zero attached hydrogens (tertiary/aromatic N) is 20. The van der Waals surface area contributed by atoms with Gasteiger partial charge in [-0.25, -0.2) is 0 Å². The van der Waals surface area contributed by atoms with E-state index in [0.717, 1.165) is 253 Å². The average Bonchev–Trinajstić information content (AvgIpc) is 1.08. The fourth-order valence-electron chi connectivity index (χ4n) is 17.5. The van der Waals surface area contributed by atoms with E-state index < -0.39 is 0 Å². The molecule has 8 aliphatic heterocycles. The Morgan fingerprint density at radius 2 is 0.813 bits per heavy atom. The van der Waals surface area contributed by atoms with Crippen LogP contribution in [0.25, 0.3) is 0 Å². The summed E-state index contributed by atoms with van der Waals surface area (Å²) in [7, 11) is 0. The van der Waals surface area contributed by atoms with E-state index in [1.807, 2.05) is 83.7 Å². The Balaban J connectivity index is 0.000000135. The Kier molecular flexibility index (Phi) is 34.2. The predicted molar refractivity (Wildman–Crippen MR) is 526 cm³/mol. The van der Waals surface area contributed by atoms with Crippen molar-refractivity contribution in [1.82, 2.24) is 74.7 Å². The Labute approximate surface area is 789 Å². The van der Waals surface area contributed by atoms with Gasteiger partial charge >= 0.3 is 30.1 Å². The highest BCUT2D eigenvalue weighted by Gasteiger charge is 2.35. The molecule has 134 heavy (non-hydrogen) atoms. The van der Waals surface area contributed by atoms with Crippen LogP contribution in [0.2, 0.25) is 0 Å². The van der Waals surface area contributed by atoms with Crippen LogP contribution in [0.3, 0.4) is 0 Å². The number of carbonyl (C=O) groups is 1. The molecule has 9 aromatic rings. The molecular weight excluding hydrogens is 1690 g/mol. The van der Waals surface area contributed by atoms with Gasteiger partial charge in [-0.15, -0.1) is 0 Å². The van der Waals surface area contributed by atoms with Gasteiger partial charge in [0.2, 0.25) is 0 Å². The number of fused-ring (bicyclic) bond motifs is 5. The van der Waals surface area contributed by atoms with Crippen molar-refractivity contribution >= 4 is 64.0 Å². The molecule has 33 heteroatoms. The summed E-state index contributed by atoms with van der Waals surface area (Å²) in [5.74, 6) is 8.65. The van der Waals surface area contributed by atoms with E-state index in [9.17, 15) is 4.79 Å². The van der Waals surface area contributed by atoms with Crippen molar-refractivity contribution in [3.63, 3.8) is 0 Å². The number of aromatic nitrogens is 14. The molecule has 18 rings (SSSR count).